The second-order valence-corrected chi connectivity index (χ2v) is 7.95. The Kier molecular flexibility index (Phi) is 4.50. The maximum atomic E-state index is 12.4. The van der Waals surface area contributed by atoms with Gasteiger partial charge in [-0.25, -0.2) is 0 Å². The number of likely N-dealkylation sites (tertiary alicyclic amines) is 1. The van der Waals surface area contributed by atoms with Gasteiger partial charge in [0.25, 0.3) is 0 Å². The number of aryl methyl sites for hydroxylation is 1. The first-order chi connectivity index (χ1) is 13.0. The fraction of sp³-hybridized carbons (Fsp3) is 0.476. The average Bonchev–Trinajstić information content (AvgIpc) is 3.40. The molecule has 1 aromatic carbocycles. The highest BCUT2D eigenvalue weighted by atomic mass is 16.5. The standard InChI is InChI=1S/C21H24N2O4/c1-14-4-2-5-16(10-14)18-11-17(27-22-18)12-21(20(25)26)8-3-9-23(13-21)19(24)15-6-7-15/h2,4-5,10-11,15H,3,6-9,12-13H2,1H3,(H,25,26)/t21-/m0/s1. The second kappa shape index (κ2) is 6.83. The smallest absolute Gasteiger partial charge is 0.311 e. The second-order valence-electron chi connectivity index (χ2n) is 7.95. The van der Waals surface area contributed by atoms with Gasteiger partial charge in [0.05, 0.1) is 5.41 Å². The monoisotopic (exact) mass is 368 g/mol. The summed E-state index contributed by atoms with van der Waals surface area (Å²) in [7, 11) is 0. The van der Waals surface area contributed by atoms with E-state index >= 15 is 0 Å². The van der Waals surface area contributed by atoms with E-state index in [0.29, 0.717) is 30.8 Å². The van der Waals surface area contributed by atoms with Crippen LogP contribution in [0, 0.1) is 18.3 Å². The Morgan fingerprint density at radius 3 is 2.85 bits per heavy atom. The number of piperidine rings is 1. The van der Waals surface area contributed by atoms with E-state index in [0.717, 1.165) is 24.0 Å². The Bertz CT molecular complexity index is 871. The molecule has 1 aliphatic heterocycles. The first kappa shape index (κ1) is 17.8. The SMILES string of the molecule is Cc1cccc(-c2cc(C[C@@]3(C(=O)O)CCCN(C(=O)C4CC4)C3)on2)c1. The van der Waals surface area contributed by atoms with Crippen LogP contribution in [-0.4, -0.2) is 40.1 Å². The van der Waals surface area contributed by atoms with Crippen molar-refractivity contribution in [3.05, 3.63) is 41.7 Å². The Labute approximate surface area is 158 Å². The highest BCUT2D eigenvalue weighted by molar-refractivity contribution is 5.83. The number of aromatic nitrogens is 1. The van der Waals surface area contributed by atoms with Crippen molar-refractivity contribution in [1.29, 1.82) is 0 Å². The molecule has 2 aromatic rings. The summed E-state index contributed by atoms with van der Waals surface area (Å²) < 4.78 is 5.48. The topological polar surface area (TPSA) is 83.6 Å². The minimum atomic E-state index is -1.01. The molecular weight excluding hydrogens is 344 g/mol. The molecule has 2 aliphatic rings. The first-order valence-electron chi connectivity index (χ1n) is 9.52. The van der Waals surface area contributed by atoms with Crippen LogP contribution in [0.15, 0.2) is 34.9 Å². The molecule has 1 saturated carbocycles. The van der Waals surface area contributed by atoms with E-state index in [1.807, 2.05) is 37.3 Å². The van der Waals surface area contributed by atoms with Gasteiger partial charge in [-0.2, -0.15) is 0 Å². The molecule has 2 fully saturated rings. The van der Waals surface area contributed by atoms with Crippen LogP contribution >= 0.6 is 0 Å². The van der Waals surface area contributed by atoms with Crippen LogP contribution in [0.2, 0.25) is 0 Å². The van der Waals surface area contributed by atoms with Gasteiger partial charge in [0.15, 0.2) is 0 Å². The van der Waals surface area contributed by atoms with E-state index in [1.54, 1.807) is 4.90 Å². The van der Waals surface area contributed by atoms with Crippen LogP contribution in [0.1, 0.15) is 37.0 Å². The van der Waals surface area contributed by atoms with Crippen LogP contribution in [0.25, 0.3) is 11.3 Å². The number of hydrogen-bond donors (Lipinski definition) is 1. The lowest BCUT2D eigenvalue weighted by atomic mass is 9.76. The fourth-order valence-electron chi connectivity index (χ4n) is 3.97. The normalized spacial score (nSPS) is 22.6. The van der Waals surface area contributed by atoms with Gasteiger partial charge in [0.1, 0.15) is 11.5 Å². The van der Waals surface area contributed by atoms with Crippen molar-refractivity contribution >= 4 is 11.9 Å². The zero-order valence-corrected chi connectivity index (χ0v) is 15.5. The van der Waals surface area contributed by atoms with Gasteiger partial charge in [0, 0.05) is 37.1 Å². The molecule has 1 amide bonds. The zero-order valence-electron chi connectivity index (χ0n) is 15.5. The van der Waals surface area contributed by atoms with Crippen molar-refractivity contribution in [1.82, 2.24) is 10.1 Å². The molecule has 0 radical (unpaired) electrons. The molecule has 142 valence electrons. The molecule has 1 saturated heterocycles. The number of benzene rings is 1. The molecule has 6 heteroatoms. The number of hydrogen-bond acceptors (Lipinski definition) is 4. The summed E-state index contributed by atoms with van der Waals surface area (Å²) in [5, 5.41) is 14.1. The number of amides is 1. The Balaban J connectivity index is 1.55. The van der Waals surface area contributed by atoms with Crippen molar-refractivity contribution in [2.24, 2.45) is 11.3 Å². The van der Waals surface area contributed by atoms with Gasteiger partial charge in [-0.05, 0) is 38.7 Å². The molecule has 2 heterocycles. The lowest BCUT2D eigenvalue weighted by Crippen LogP contribution is -2.51. The van der Waals surface area contributed by atoms with Crippen LogP contribution < -0.4 is 0 Å². The molecule has 1 aliphatic carbocycles. The lowest BCUT2D eigenvalue weighted by Gasteiger charge is -2.39. The Hall–Kier alpha value is -2.63. The molecule has 0 bridgehead atoms. The average molecular weight is 368 g/mol. The maximum absolute atomic E-state index is 12.4. The molecule has 6 nitrogen and oxygen atoms in total. The maximum Gasteiger partial charge on any atom is 0.311 e. The summed E-state index contributed by atoms with van der Waals surface area (Å²) in [5.41, 5.74) is 1.77. The van der Waals surface area contributed by atoms with Gasteiger partial charge in [0.2, 0.25) is 5.91 Å². The number of aliphatic carboxylic acids is 1. The predicted octanol–water partition coefficient (Wildman–Crippen LogP) is 3.30. The summed E-state index contributed by atoms with van der Waals surface area (Å²) in [6.07, 6.45) is 3.34. The van der Waals surface area contributed by atoms with Gasteiger partial charge >= 0.3 is 5.97 Å². The van der Waals surface area contributed by atoms with Crippen LogP contribution in [0.4, 0.5) is 0 Å². The van der Waals surface area contributed by atoms with Gasteiger partial charge < -0.3 is 14.5 Å². The summed E-state index contributed by atoms with van der Waals surface area (Å²) in [6, 6.07) is 9.77. The predicted molar refractivity (Wildman–Crippen MR) is 99.0 cm³/mol. The third kappa shape index (κ3) is 3.61. The van der Waals surface area contributed by atoms with Crippen molar-refractivity contribution in [3.63, 3.8) is 0 Å². The first-order valence-corrected chi connectivity index (χ1v) is 9.52. The van der Waals surface area contributed by atoms with E-state index in [2.05, 4.69) is 5.16 Å². The minimum absolute atomic E-state index is 0.104. The molecule has 27 heavy (non-hydrogen) atoms. The molecule has 1 N–H and O–H groups in total. The van der Waals surface area contributed by atoms with Gasteiger partial charge in [-0.1, -0.05) is 28.9 Å². The van der Waals surface area contributed by atoms with Crippen LogP contribution in [0.3, 0.4) is 0 Å². The van der Waals surface area contributed by atoms with Gasteiger partial charge in [-0.15, -0.1) is 0 Å². The van der Waals surface area contributed by atoms with Gasteiger partial charge in [-0.3, -0.25) is 9.59 Å². The highest BCUT2D eigenvalue weighted by Crippen LogP contribution is 2.38. The number of carboxylic acids is 1. The third-order valence-corrected chi connectivity index (χ3v) is 5.65. The van der Waals surface area contributed by atoms with Crippen molar-refractivity contribution < 1.29 is 19.2 Å². The zero-order chi connectivity index (χ0) is 19.0. The van der Waals surface area contributed by atoms with Crippen molar-refractivity contribution in [2.75, 3.05) is 13.1 Å². The van der Waals surface area contributed by atoms with Crippen LogP contribution in [-0.2, 0) is 16.0 Å². The number of carboxylic acid groups (broad SMARTS) is 1. The molecule has 1 atom stereocenters. The quantitative estimate of drug-likeness (QED) is 0.875. The molecular formula is C21H24N2O4. The van der Waals surface area contributed by atoms with E-state index in [1.165, 1.54) is 0 Å². The largest absolute Gasteiger partial charge is 0.481 e. The lowest BCUT2D eigenvalue weighted by molar-refractivity contribution is -0.155. The highest BCUT2D eigenvalue weighted by Gasteiger charge is 2.46. The van der Waals surface area contributed by atoms with E-state index < -0.39 is 11.4 Å². The van der Waals surface area contributed by atoms with Crippen LogP contribution in [0.5, 0.6) is 0 Å². The van der Waals surface area contributed by atoms with E-state index in [-0.39, 0.29) is 24.8 Å². The van der Waals surface area contributed by atoms with Crippen molar-refractivity contribution in [3.8, 4) is 11.3 Å². The minimum Gasteiger partial charge on any atom is -0.481 e. The van der Waals surface area contributed by atoms with E-state index in [9.17, 15) is 14.7 Å². The summed E-state index contributed by atoms with van der Waals surface area (Å²) in [6.45, 7) is 2.91. The van der Waals surface area contributed by atoms with E-state index in [4.69, 9.17) is 4.52 Å². The number of rotatable bonds is 5. The molecule has 0 unspecified atom stereocenters. The number of nitrogens with zero attached hydrogens (tertiary/aromatic N) is 2. The molecule has 4 rings (SSSR count). The Morgan fingerprint density at radius 2 is 2.15 bits per heavy atom. The van der Waals surface area contributed by atoms with Crippen molar-refractivity contribution in [2.45, 2.75) is 39.0 Å². The third-order valence-electron chi connectivity index (χ3n) is 5.65. The summed E-state index contributed by atoms with van der Waals surface area (Å²) >= 11 is 0. The fourth-order valence-corrected chi connectivity index (χ4v) is 3.97. The molecule has 0 spiro atoms. The number of carbonyl (C=O) groups excluding carboxylic acids is 1. The molecule has 1 aromatic heterocycles. The summed E-state index contributed by atoms with van der Waals surface area (Å²) in [4.78, 5) is 26.3. The Morgan fingerprint density at radius 1 is 1.33 bits per heavy atom. The summed E-state index contributed by atoms with van der Waals surface area (Å²) in [5.74, 6) is -0.106. The number of carbonyl (C=O) groups is 2.